The highest BCUT2D eigenvalue weighted by Crippen LogP contribution is 2.44. The molecule has 0 amide bonds. The first-order valence-corrected chi connectivity index (χ1v) is 16.7. The van der Waals surface area contributed by atoms with Crippen molar-refractivity contribution in [3.63, 3.8) is 0 Å². The Balaban J connectivity index is 1.10. The summed E-state index contributed by atoms with van der Waals surface area (Å²) in [5.41, 5.74) is 6.41. The lowest BCUT2D eigenvalue weighted by Crippen LogP contribution is -2.22. The van der Waals surface area contributed by atoms with Crippen molar-refractivity contribution in [1.29, 1.82) is 0 Å². The molecule has 39 heavy (non-hydrogen) atoms. The van der Waals surface area contributed by atoms with Gasteiger partial charge in [0.25, 0.3) is 0 Å². The standard InChI is InChI=1S/C38H53F/c1-3-5-6-8-29-11-15-34(16-12-29)36-25-26-37(38(39)27-36)35-23-21-33(22-24-35)32-19-17-31(18-20-32)30-13-9-28(7-4-2)10-14-30/h9-10,13-14,23,25-27,29,31-34H,3-8,11-12,15-22,24H2,1-2H3. The quantitative estimate of drug-likeness (QED) is 0.269. The number of rotatable bonds is 10. The molecule has 1 atom stereocenters. The molecule has 3 aliphatic carbocycles. The molecule has 2 saturated carbocycles. The first-order chi connectivity index (χ1) is 19.1. The highest BCUT2D eigenvalue weighted by atomic mass is 19.1. The third-order valence-corrected chi connectivity index (χ3v) is 10.8. The lowest BCUT2D eigenvalue weighted by atomic mass is 9.70. The van der Waals surface area contributed by atoms with Crippen molar-refractivity contribution >= 4 is 5.57 Å². The molecule has 0 bridgehead atoms. The van der Waals surface area contributed by atoms with Gasteiger partial charge in [0.05, 0.1) is 0 Å². The molecule has 0 spiro atoms. The fraction of sp³-hybridized carbons (Fsp3) is 0.632. The van der Waals surface area contributed by atoms with E-state index >= 15 is 4.39 Å². The van der Waals surface area contributed by atoms with E-state index in [1.54, 1.807) is 5.56 Å². The summed E-state index contributed by atoms with van der Waals surface area (Å²) in [6.45, 7) is 4.54. The van der Waals surface area contributed by atoms with Crippen LogP contribution in [0.4, 0.5) is 4.39 Å². The van der Waals surface area contributed by atoms with Crippen LogP contribution in [-0.4, -0.2) is 0 Å². The lowest BCUT2D eigenvalue weighted by molar-refractivity contribution is 0.220. The fourth-order valence-corrected chi connectivity index (χ4v) is 8.21. The normalized spacial score (nSPS) is 27.8. The molecule has 0 heterocycles. The third-order valence-electron chi connectivity index (χ3n) is 10.8. The van der Waals surface area contributed by atoms with Gasteiger partial charge < -0.3 is 0 Å². The minimum atomic E-state index is 0.0210. The average Bonchev–Trinajstić information content (AvgIpc) is 2.98. The number of unbranched alkanes of at least 4 members (excludes halogenated alkanes) is 2. The molecular weight excluding hydrogens is 475 g/mol. The number of hydrogen-bond acceptors (Lipinski definition) is 0. The minimum absolute atomic E-state index is 0.0210. The molecule has 0 aliphatic heterocycles. The second-order valence-corrected chi connectivity index (χ2v) is 13.3. The zero-order chi connectivity index (χ0) is 27.0. The van der Waals surface area contributed by atoms with Crippen molar-refractivity contribution in [2.24, 2.45) is 17.8 Å². The Morgan fingerprint density at radius 1 is 0.692 bits per heavy atom. The Morgan fingerprint density at radius 3 is 2.03 bits per heavy atom. The molecule has 1 unspecified atom stereocenters. The third kappa shape index (κ3) is 7.45. The Bertz CT molecular complexity index is 1050. The van der Waals surface area contributed by atoms with E-state index in [1.807, 2.05) is 6.07 Å². The van der Waals surface area contributed by atoms with Crippen LogP contribution < -0.4 is 0 Å². The number of aryl methyl sites for hydroxylation is 1. The van der Waals surface area contributed by atoms with E-state index in [1.165, 1.54) is 113 Å². The Kier molecular flexibility index (Phi) is 10.4. The summed E-state index contributed by atoms with van der Waals surface area (Å²) in [4.78, 5) is 0. The molecule has 212 valence electrons. The van der Waals surface area contributed by atoms with E-state index in [2.05, 4.69) is 56.3 Å². The largest absolute Gasteiger partial charge is 0.206 e. The molecule has 0 nitrogen and oxygen atoms in total. The van der Waals surface area contributed by atoms with Gasteiger partial charge in [0.1, 0.15) is 5.82 Å². The predicted octanol–water partition coefficient (Wildman–Crippen LogP) is 11.8. The minimum Gasteiger partial charge on any atom is -0.206 e. The van der Waals surface area contributed by atoms with E-state index in [0.717, 1.165) is 42.1 Å². The van der Waals surface area contributed by atoms with Gasteiger partial charge in [0.2, 0.25) is 0 Å². The van der Waals surface area contributed by atoms with Gasteiger partial charge in [0.15, 0.2) is 0 Å². The van der Waals surface area contributed by atoms with Crippen LogP contribution in [0.25, 0.3) is 5.57 Å². The van der Waals surface area contributed by atoms with E-state index < -0.39 is 0 Å². The van der Waals surface area contributed by atoms with Crippen LogP contribution in [0.2, 0.25) is 0 Å². The number of benzene rings is 2. The summed E-state index contributed by atoms with van der Waals surface area (Å²) in [6.07, 6.45) is 24.2. The van der Waals surface area contributed by atoms with Crippen molar-refractivity contribution in [3.8, 4) is 0 Å². The monoisotopic (exact) mass is 528 g/mol. The zero-order valence-corrected chi connectivity index (χ0v) is 24.9. The maximum Gasteiger partial charge on any atom is 0.130 e. The second-order valence-electron chi connectivity index (χ2n) is 13.3. The van der Waals surface area contributed by atoms with Crippen LogP contribution in [0.15, 0.2) is 48.5 Å². The van der Waals surface area contributed by atoms with Gasteiger partial charge in [-0.2, -0.15) is 0 Å². The van der Waals surface area contributed by atoms with Gasteiger partial charge in [-0.05, 0) is 135 Å². The van der Waals surface area contributed by atoms with Crippen LogP contribution in [0.5, 0.6) is 0 Å². The summed E-state index contributed by atoms with van der Waals surface area (Å²) in [5.74, 6) is 3.87. The second kappa shape index (κ2) is 14.1. The van der Waals surface area contributed by atoms with Crippen LogP contribution in [0, 0.1) is 23.6 Å². The SMILES string of the molecule is CCCCCC1CCC(c2ccc(C3=CCC(C4CCC(c5ccc(CCC)cc5)CC4)CC3)c(F)c2)CC1. The molecule has 3 aliphatic rings. The van der Waals surface area contributed by atoms with Gasteiger partial charge in [-0.15, -0.1) is 0 Å². The molecule has 5 rings (SSSR count). The van der Waals surface area contributed by atoms with E-state index in [4.69, 9.17) is 0 Å². The highest BCUT2D eigenvalue weighted by Gasteiger charge is 2.30. The molecule has 2 fully saturated rings. The molecule has 0 aromatic heterocycles. The molecule has 2 aromatic rings. The average molecular weight is 529 g/mol. The molecule has 0 saturated heterocycles. The molecule has 2 aromatic carbocycles. The van der Waals surface area contributed by atoms with Crippen LogP contribution in [0.3, 0.4) is 0 Å². The first-order valence-electron chi connectivity index (χ1n) is 16.7. The summed E-state index contributed by atoms with van der Waals surface area (Å²) in [6, 6.07) is 15.7. The molecular formula is C38H53F. The smallest absolute Gasteiger partial charge is 0.130 e. The van der Waals surface area contributed by atoms with Crippen molar-refractivity contribution in [1.82, 2.24) is 0 Å². The molecule has 0 radical (unpaired) electrons. The highest BCUT2D eigenvalue weighted by molar-refractivity contribution is 5.67. The number of hydrogen-bond donors (Lipinski definition) is 0. The topological polar surface area (TPSA) is 0 Å². The molecule has 1 heteroatoms. The van der Waals surface area contributed by atoms with Crippen molar-refractivity contribution in [2.45, 2.75) is 135 Å². The first kappa shape index (κ1) is 28.6. The van der Waals surface area contributed by atoms with Gasteiger partial charge in [0, 0.05) is 5.56 Å². The van der Waals surface area contributed by atoms with Gasteiger partial charge in [-0.25, -0.2) is 4.39 Å². The van der Waals surface area contributed by atoms with E-state index in [9.17, 15) is 0 Å². The summed E-state index contributed by atoms with van der Waals surface area (Å²) in [5, 5.41) is 0. The zero-order valence-electron chi connectivity index (χ0n) is 24.9. The van der Waals surface area contributed by atoms with Gasteiger partial charge in [-0.3, -0.25) is 0 Å². The van der Waals surface area contributed by atoms with Crippen molar-refractivity contribution in [2.75, 3.05) is 0 Å². The van der Waals surface area contributed by atoms with E-state index in [-0.39, 0.29) is 5.82 Å². The van der Waals surface area contributed by atoms with Crippen molar-refractivity contribution in [3.05, 3.63) is 76.6 Å². The molecule has 0 N–H and O–H groups in total. The predicted molar refractivity (Wildman–Crippen MR) is 166 cm³/mol. The number of allylic oxidation sites excluding steroid dienone is 2. The van der Waals surface area contributed by atoms with Gasteiger partial charge in [-0.1, -0.05) is 88.4 Å². The Morgan fingerprint density at radius 2 is 1.38 bits per heavy atom. The number of halogens is 1. The maximum absolute atomic E-state index is 15.4. The van der Waals surface area contributed by atoms with Crippen molar-refractivity contribution < 1.29 is 4.39 Å². The van der Waals surface area contributed by atoms with E-state index in [0.29, 0.717) is 5.92 Å². The summed E-state index contributed by atoms with van der Waals surface area (Å²) < 4.78 is 15.4. The Hall–Kier alpha value is -1.89. The Labute approximate surface area is 238 Å². The van der Waals surface area contributed by atoms with Crippen LogP contribution in [-0.2, 0) is 6.42 Å². The van der Waals surface area contributed by atoms with Crippen LogP contribution >= 0.6 is 0 Å². The lowest BCUT2D eigenvalue weighted by Gasteiger charge is -2.36. The van der Waals surface area contributed by atoms with Crippen LogP contribution in [0.1, 0.15) is 151 Å². The summed E-state index contributed by atoms with van der Waals surface area (Å²) >= 11 is 0. The van der Waals surface area contributed by atoms with Gasteiger partial charge >= 0.3 is 0 Å². The summed E-state index contributed by atoms with van der Waals surface area (Å²) in [7, 11) is 0. The fourth-order valence-electron chi connectivity index (χ4n) is 8.21. The maximum atomic E-state index is 15.4.